The van der Waals surface area contributed by atoms with Crippen LogP contribution in [0.25, 0.3) is 10.8 Å². The van der Waals surface area contributed by atoms with E-state index in [1.807, 2.05) is 29.9 Å². The van der Waals surface area contributed by atoms with Crippen molar-refractivity contribution in [1.82, 2.24) is 15.4 Å². The minimum absolute atomic E-state index is 0.00730. The number of aromatic nitrogens is 2. The van der Waals surface area contributed by atoms with Crippen LogP contribution in [0.15, 0.2) is 41.0 Å². The summed E-state index contributed by atoms with van der Waals surface area (Å²) >= 11 is 1.01. The summed E-state index contributed by atoms with van der Waals surface area (Å²) in [6.07, 6.45) is -0.166. The zero-order valence-electron chi connectivity index (χ0n) is 35.5. The number of hydroxylamine groups is 2. The average molecular weight is 905 g/mol. The van der Waals surface area contributed by atoms with Gasteiger partial charge >= 0.3 is 16.4 Å². The molecule has 0 saturated carbocycles. The van der Waals surface area contributed by atoms with E-state index < -0.39 is 58.6 Å². The van der Waals surface area contributed by atoms with Crippen LogP contribution in [0.1, 0.15) is 39.8 Å². The molecular formula is C45H42N7O10S2+. The number of carboxylic acid groups (broad SMARTS) is 1. The highest BCUT2D eigenvalue weighted by atomic mass is 32.3. The van der Waals surface area contributed by atoms with Gasteiger partial charge in [-0.15, -0.1) is 15.6 Å². The molecule has 0 spiro atoms. The summed E-state index contributed by atoms with van der Waals surface area (Å²) < 4.78 is 40.2. The number of nitrogens with zero attached hydrogens (tertiary/aromatic N) is 4. The Balaban J connectivity index is 0.000000477. The maximum atomic E-state index is 13.4. The molecule has 64 heavy (non-hydrogen) atoms. The largest absolute Gasteiger partial charge is 0.489 e. The zero-order chi connectivity index (χ0) is 46.7. The van der Waals surface area contributed by atoms with Gasteiger partial charge in [-0.2, -0.15) is 13.5 Å². The Morgan fingerprint density at radius 1 is 1.05 bits per heavy atom. The molecular weight excluding hydrogens is 863 g/mol. The number of ether oxygens (including phenoxy) is 1. The number of nitrogen functional groups attached to an aromatic ring is 1. The maximum absolute atomic E-state index is 13.4. The lowest BCUT2D eigenvalue weighted by Gasteiger charge is -2.50. The van der Waals surface area contributed by atoms with Crippen LogP contribution in [-0.2, 0) is 45.1 Å². The quantitative estimate of drug-likeness (QED) is 0.0528. The van der Waals surface area contributed by atoms with Crippen molar-refractivity contribution in [3.05, 3.63) is 41.5 Å². The van der Waals surface area contributed by atoms with E-state index in [1.165, 1.54) is 19.2 Å². The molecule has 5 N–H and O–H groups in total. The summed E-state index contributed by atoms with van der Waals surface area (Å²) in [6, 6.07) is 7.30. The van der Waals surface area contributed by atoms with Gasteiger partial charge in [0.25, 0.3) is 17.8 Å². The summed E-state index contributed by atoms with van der Waals surface area (Å²) in [5.41, 5.74) is 4.15. The Labute approximate surface area is 375 Å². The third kappa shape index (κ3) is 14.0. The molecule has 0 radical (unpaired) electrons. The zero-order valence-corrected chi connectivity index (χ0v) is 37.2. The number of nitrogens with two attached hydrogens (primary N) is 1. The molecule has 0 aliphatic carbocycles. The Morgan fingerprint density at radius 2 is 1.66 bits per heavy atom. The van der Waals surface area contributed by atoms with E-state index >= 15 is 0 Å². The molecule has 2 aromatic heterocycles. The van der Waals surface area contributed by atoms with Crippen LogP contribution in [0.5, 0.6) is 5.75 Å². The van der Waals surface area contributed by atoms with Crippen LogP contribution in [0.3, 0.4) is 0 Å². The van der Waals surface area contributed by atoms with E-state index in [4.69, 9.17) is 19.6 Å². The standard InChI is InChI=1S/C29H35N7O10S2.C16H6/c1-29(2)20(26(38)36(29)46-48(41,42)43-4)10-22(37)24(21-15-47-28(30)33-21)34-45-23(27(39)40)14-44-18-5-6-19-17(9-18)7-8-35(3)25(19)32-13-16-11-31-12-16;1-3-5-7-9-11-13-15-16-14-12-10-8-6-4-2/h5-9,15-16,20,23,31H,10-14H2,1-4H3,(H3,30,33,39,40);1-2H3/p+1/b34-24-;/t20-,23+;/m1./s1. The number of thiazole rings is 1. The van der Waals surface area contributed by atoms with Crippen LogP contribution in [0, 0.1) is 94.7 Å². The van der Waals surface area contributed by atoms with Crippen LogP contribution in [0.4, 0.5) is 10.9 Å². The minimum atomic E-state index is -4.48. The summed E-state index contributed by atoms with van der Waals surface area (Å²) in [4.78, 5) is 47.7. The van der Waals surface area contributed by atoms with Crippen LogP contribution >= 0.6 is 11.3 Å². The highest BCUT2D eigenvalue weighted by Gasteiger charge is 2.57. The lowest BCUT2D eigenvalue weighted by molar-refractivity contribution is -0.656. The molecule has 4 heterocycles. The van der Waals surface area contributed by atoms with Gasteiger partial charge in [0.2, 0.25) is 0 Å². The van der Waals surface area contributed by atoms with E-state index in [0.29, 0.717) is 16.7 Å². The molecule has 0 bridgehead atoms. The van der Waals surface area contributed by atoms with Crippen molar-refractivity contribution in [2.75, 3.05) is 44.4 Å². The third-order valence-corrected chi connectivity index (χ3v) is 10.5. The predicted octanol–water partition coefficient (Wildman–Crippen LogP) is 1.66. The molecule has 1 amide bonds. The number of nitrogens with one attached hydrogen (secondary N) is 2. The molecule has 0 unspecified atom stereocenters. The van der Waals surface area contributed by atoms with Gasteiger partial charge in [-0.05, 0) is 128 Å². The molecule has 2 saturated heterocycles. The number of hydrogen-bond acceptors (Lipinski definition) is 15. The van der Waals surface area contributed by atoms with Crippen LogP contribution < -0.4 is 25.7 Å². The fourth-order valence-corrected chi connectivity index (χ4v) is 6.64. The number of aryl methyl sites for hydroxylation is 1. The third-order valence-electron chi connectivity index (χ3n) is 9.08. The molecule has 2 aliphatic heterocycles. The van der Waals surface area contributed by atoms with Crippen LogP contribution in [-0.4, -0.2) is 91.9 Å². The summed E-state index contributed by atoms with van der Waals surface area (Å²) in [6.45, 7) is 8.73. The topological polar surface area (TPSA) is 225 Å². The number of pyridine rings is 1. The molecule has 2 fully saturated rings. The number of ketones is 1. The second-order valence-electron chi connectivity index (χ2n) is 13.8. The highest BCUT2D eigenvalue weighted by Crippen LogP contribution is 2.41. The van der Waals surface area contributed by atoms with E-state index in [-0.39, 0.29) is 16.5 Å². The fraction of sp³-hybridized carbons (Fsp3) is 0.333. The fourth-order valence-electron chi connectivity index (χ4n) is 5.58. The maximum Gasteiger partial charge on any atom is 0.420 e. The number of aliphatic carboxylic acids is 1. The van der Waals surface area contributed by atoms with Crippen LogP contribution in [0.2, 0.25) is 0 Å². The number of rotatable bonds is 16. The normalized spacial score (nSPS) is 14.9. The number of benzene rings is 1. The molecule has 19 heteroatoms. The van der Waals surface area contributed by atoms with Gasteiger partial charge in [0.15, 0.2) is 16.6 Å². The molecule has 3 aromatic rings. The molecule has 1 aromatic carbocycles. The van der Waals surface area contributed by atoms with Crippen molar-refractivity contribution in [1.29, 1.82) is 0 Å². The molecule has 2 aliphatic rings. The minimum Gasteiger partial charge on any atom is -0.489 e. The average Bonchev–Trinajstić information content (AvgIpc) is 3.68. The number of β-lactam (4-membered cyclic amide) rings is 1. The van der Waals surface area contributed by atoms with Crippen molar-refractivity contribution < 1.29 is 50.5 Å². The Morgan fingerprint density at radius 3 is 2.16 bits per heavy atom. The van der Waals surface area contributed by atoms with E-state index in [0.717, 1.165) is 54.7 Å². The van der Waals surface area contributed by atoms with Crippen molar-refractivity contribution >= 4 is 66.8 Å². The smallest absolute Gasteiger partial charge is 0.420 e. The van der Waals surface area contributed by atoms with Crippen molar-refractivity contribution in [2.45, 2.75) is 45.8 Å². The lowest BCUT2D eigenvalue weighted by Crippen LogP contribution is -2.68. The molecule has 17 nitrogen and oxygen atoms in total. The van der Waals surface area contributed by atoms with Gasteiger partial charge in [0.1, 0.15) is 18.1 Å². The number of carboxylic acids is 1. The number of oxime groups is 1. The van der Waals surface area contributed by atoms with Gasteiger partial charge in [0.05, 0.1) is 43.7 Å². The first-order chi connectivity index (χ1) is 30.6. The first-order valence-electron chi connectivity index (χ1n) is 19.0. The second kappa shape index (κ2) is 23.6. The summed E-state index contributed by atoms with van der Waals surface area (Å²) in [7, 11) is -1.66. The number of Topliss-reactive ketones (excluding diaryl/α,β-unsaturated/α-hetero) is 1. The van der Waals surface area contributed by atoms with Gasteiger partial charge in [-0.3, -0.25) is 19.1 Å². The Kier molecular flexibility index (Phi) is 18.2. The number of hydrogen-bond donors (Lipinski definition) is 4. The second-order valence-corrected chi connectivity index (χ2v) is 16.0. The van der Waals surface area contributed by atoms with E-state index in [9.17, 15) is 27.9 Å². The van der Waals surface area contributed by atoms with Gasteiger partial charge in [-0.1, -0.05) is 17.0 Å². The van der Waals surface area contributed by atoms with Gasteiger partial charge < -0.3 is 25.7 Å². The molecule has 5 rings (SSSR count). The summed E-state index contributed by atoms with van der Waals surface area (Å²) in [5, 5.41) is 24.4. The molecule has 328 valence electrons. The monoisotopic (exact) mass is 904 g/mol. The van der Waals surface area contributed by atoms with Gasteiger partial charge in [-0.25, -0.2) is 14.3 Å². The van der Waals surface area contributed by atoms with Crippen molar-refractivity contribution in [3.63, 3.8) is 0 Å². The Bertz CT molecular complexity index is 2820. The first-order valence-corrected chi connectivity index (χ1v) is 21.2. The Hall–Kier alpha value is -7.51. The van der Waals surface area contributed by atoms with E-state index in [1.54, 1.807) is 26.0 Å². The number of carbonyl (C=O) groups is 3. The highest BCUT2D eigenvalue weighted by molar-refractivity contribution is 7.81. The number of amides is 1. The predicted molar refractivity (Wildman–Crippen MR) is 238 cm³/mol. The first kappa shape index (κ1) is 49.1. The van der Waals surface area contributed by atoms with Crippen molar-refractivity contribution in [3.8, 4) is 88.6 Å². The SMILES string of the molecule is CC#CC#CC#CC#CC#CC#CC#CC.COS(=O)(=O)ON1C(=O)[C@@H](CC(=O)/C(=N\O[C@@H](COc2ccc3c(NCC4CNC4)[n+](C)ccc3c2)C(=O)O)c2csc(N)n2)C1(C)C. The lowest BCUT2D eigenvalue weighted by atomic mass is 9.74. The number of carbonyl (C=O) groups excluding carboxylic acids is 2. The number of anilines is 2. The number of fused-ring (bicyclic) bond motifs is 1. The van der Waals surface area contributed by atoms with E-state index in [2.05, 4.69) is 108 Å². The summed E-state index contributed by atoms with van der Waals surface area (Å²) in [5.74, 6) is 33.5. The van der Waals surface area contributed by atoms with Gasteiger partial charge in [0, 0.05) is 30.8 Å². The molecule has 2 atom stereocenters. The van der Waals surface area contributed by atoms with Crippen molar-refractivity contribution in [2.24, 2.45) is 24.0 Å².